The molecule has 0 saturated heterocycles. The molecule has 0 aliphatic carbocycles. The average Bonchev–Trinajstić information content (AvgIpc) is 2.23. The molecular formula is C13H12BrFN2. The first-order valence-electron chi connectivity index (χ1n) is 5.21. The van der Waals surface area contributed by atoms with Gasteiger partial charge in [-0.05, 0) is 65.2 Å². The topological polar surface area (TPSA) is 24.9 Å². The van der Waals surface area contributed by atoms with Crippen LogP contribution in [0.5, 0.6) is 0 Å². The smallest absolute Gasteiger partial charge is 0.144 e. The summed E-state index contributed by atoms with van der Waals surface area (Å²) in [6, 6.07) is 6.72. The molecule has 0 aliphatic rings. The van der Waals surface area contributed by atoms with Crippen molar-refractivity contribution in [2.24, 2.45) is 0 Å². The minimum atomic E-state index is -0.253. The molecule has 1 heterocycles. The van der Waals surface area contributed by atoms with Gasteiger partial charge in [0, 0.05) is 11.9 Å². The number of aryl methyl sites for hydroxylation is 2. The molecule has 0 unspecified atom stereocenters. The number of rotatable bonds is 2. The summed E-state index contributed by atoms with van der Waals surface area (Å²) in [5.74, 6) is 0.436. The molecule has 1 N–H and O–H groups in total. The highest BCUT2D eigenvalue weighted by molar-refractivity contribution is 9.10. The van der Waals surface area contributed by atoms with Gasteiger partial charge < -0.3 is 5.32 Å². The van der Waals surface area contributed by atoms with Crippen molar-refractivity contribution in [1.29, 1.82) is 0 Å². The van der Waals surface area contributed by atoms with Gasteiger partial charge >= 0.3 is 0 Å². The zero-order valence-electron chi connectivity index (χ0n) is 9.59. The summed E-state index contributed by atoms with van der Waals surface area (Å²) in [7, 11) is 0. The number of halogens is 2. The maximum absolute atomic E-state index is 13.2. The van der Waals surface area contributed by atoms with Gasteiger partial charge in [0.1, 0.15) is 11.6 Å². The Balaban J connectivity index is 2.34. The van der Waals surface area contributed by atoms with E-state index in [4.69, 9.17) is 0 Å². The average molecular weight is 295 g/mol. The van der Waals surface area contributed by atoms with Crippen molar-refractivity contribution >= 4 is 27.4 Å². The van der Waals surface area contributed by atoms with Crippen molar-refractivity contribution in [1.82, 2.24) is 4.98 Å². The molecule has 17 heavy (non-hydrogen) atoms. The molecule has 4 heteroatoms. The highest BCUT2D eigenvalue weighted by Crippen LogP contribution is 2.27. The summed E-state index contributed by atoms with van der Waals surface area (Å²) in [5, 5.41) is 3.10. The molecule has 0 fully saturated rings. The fourth-order valence-corrected chi connectivity index (χ4v) is 1.91. The van der Waals surface area contributed by atoms with Crippen molar-refractivity contribution < 1.29 is 4.39 Å². The second kappa shape index (κ2) is 4.84. The Kier molecular flexibility index (Phi) is 3.43. The van der Waals surface area contributed by atoms with Gasteiger partial charge in [0.05, 0.1) is 4.47 Å². The maximum atomic E-state index is 13.2. The normalized spacial score (nSPS) is 10.4. The standard InChI is InChI=1S/C13H12BrFN2/c1-8-5-10(15)7-11(6-8)17-13-12(14)9(2)3-4-16-13/h3-7H,1-2H3,(H,16,17). The van der Waals surface area contributed by atoms with E-state index in [2.05, 4.69) is 26.2 Å². The minimum absolute atomic E-state index is 0.253. The van der Waals surface area contributed by atoms with Gasteiger partial charge in [-0.3, -0.25) is 0 Å². The zero-order chi connectivity index (χ0) is 12.4. The van der Waals surface area contributed by atoms with Crippen LogP contribution in [0.2, 0.25) is 0 Å². The van der Waals surface area contributed by atoms with Gasteiger partial charge in [-0.25, -0.2) is 9.37 Å². The van der Waals surface area contributed by atoms with Gasteiger partial charge in [0.25, 0.3) is 0 Å². The number of nitrogens with zero attached hydrogens (tertiary/aromatic N) is 1. The number of hydrogen-bond acceptors (Lipinski definition) is 2. The number of benzene rings is 1. The molecule has 0 atom stereocenters. The summed E-state index contributed by atoms with van der Waals surface area (Å²) in [6.45, 7) is 3.83. The first-order valence-corrected chi connectivity index (χ1v) is 6.01. The Morgan fingerprint density at radius 3 is 2.71 bits per heavy atom. The third-order valence-electron chi connectivity index (χ3n) is 2.39. The van der Waals surface area contributed by atoms with Gasteiger partial charge in [0.15, 0.2) is 0 Å². The number of pyridine rings is 1. The van der Waals surface area contributed by atoms with E-state index < -0.39 is 0 Å². The molecule has 0 saturated carbocycles. The van der Waals surface area contributed by atoms with Crippen molar-refractivity contribution in [2.45, 2.75) is 13.8 Å². The Morgan fingerprint density at radius 1 is 1.24 bits per heavy atom. The van der Waals surface area contributed by atoms with Crippen LogP contribution in [0.15, 0.2) is 34.9 Å². The fourth-order valence-electron chi connectivity index (χ4n) is 1.57. The summed E-state index contributed by atoms with van der Waals surface area (Å²) in [6.07, 6.45) is 1.72. The molecule has 0 bridgehead atoms. The number of hydrogen-bond donors (Lipinski definition) is 1. The zero-order valence-corrected chi connectivity index (χ0v) is 11.2. The van der Waals surface area contributed by atoms with Gasteiger partial charge in [-0.15, -0.1) is 0 Å². The molecule has 0 aliphatic heterocycles. The monoisotopic (exact) mass is 294 g/mol. The Morgan fingerprint density at radius 2 is 2.00 bits per heavy atom. The SMILES string of the molecule is Cc1cc(F)cc(Nc2nccc(C)c2Br)c1. The molecule has 2 rings (SSSR count). The van der Waals surface area contributed by atoms with Crippen LogP contribution in [0.25, 0.3) is 0 Å². The van der Waals surface area contributed by atoms with Crippen LogP contribution in [0.3, 0.4) is 0 Å². The van der Waals surface area contributed by atoms with Crippen LogP contribution < -0.4 is 5.32 Å². The third-order valence-corrected chi connectivity index (χ3v) is 3.39. The van der Waals surface area contributed by atoms with E-state index in [1.54, 1.807) is 6.20 Å². The van der Waals surface area contributed by atoms with Gasteiger partial charge in [-0.1, -0.05) is 0 Å². The highest BCUT2D eigenvalue weighted by Gasteiger charge is 2.05. The molecule has 2 nitrogen and oxygen atoms in total. The second-order valence-corrected chi connectivity index (χ2v) is 4.73. The largest absolute Gasteiger partial charge is 0.339 e. The van der Waals surface area contributed by atoms with E-state index in [0.717, 1.165) is 15.6 Å². The Hall–Kier alpha value is -1.42. The van der Waals surface area contributed by atoms with E-state index in [-0.39, 0.29) is 5.82 Å². The second-order valence-electron chi connectivity index (χ2n) is 3.93. The van der Waals surface area contributed by atoms with E-state index in [1.807, 2.05) is 26.0 Å². The lowest BCUT2D eigenvalue weighted by Gasteiger charge is -2.09. The fraction of sp³-hybridized carbons (Fsp3) is 0.154. The highest BCUT2D eigenvalue weighted by atomic mass is 79.9. The lowest BCUT2D eigenvalue weighted by molar-refractivity contribution is 0.627. The van der Waals surface area contributed by atoms with E-state index >= 15 is 0 Å². The van der Waals surface area contributed by atoms with Crippen LogP contribution in [0.4, 0.5) is 15.9 Å². The van der Waals surface area contributed by atoms with E-state index in [1.165, 1.54) is 12.1 Å². The third kappa shape index (κ3) is 2.82. The Labute approximate surface area is 108 Å². The first-order chi connectivity index (χ1) is 8.06. The van der Waals surface area contributed by atoms with Crippen molar-refractivity contribution in [3.63, 3.8) is 0 Å². The molecular weight excluding hydrogens is 283 g/mol. The lowest BCUT2D eigenvalue weighted by atomic mass is 10.2. The predicted octanol–water partition coefficient (Wildman–Crippen LogP) is 4.34. The van der Waals surface area contributed by atoms with Crippen molar-refractivity contribution in [2.75, 3.05) is 5.32 Å². The van der Waals surface area contributed by atoms with E-state index in [0.29, 0.717) is 11.5 Å². The van der Waals surface area contributed by atoms with Crippen LogP contribution in [-0.2, 0) is 0 Å². The Bertz CT molecular complexity index is 535. The molecule has 88 valence electrons. The molecule has 0 spiro atoms. The van der Waals surface area contributed by atoms with Crippen LogP contribution >= 0.6 is 15.9 Å². The molecule has 2 aromatic rings. The first kappa shape index (κ1) is 12.0. The van der Waals surface area contributed by atoms with Gasteiger partial charge in [0.2, 0.25) is 0 Å². The van der Waals surface area contributed by atoms with Crippen molar-refractivity contribution in [3.8, 4) is 0 Å². The summed E-state index contributed by atoms with van der Waals surface area (Å²) < 4.78 is 14.1. The summed E-state index contributed by atoms with van der Waals surface area (Å²) in [5.41, 5.74) is 2.65. The molecule has 1 aromatic heterocycles. The summed E-state index contributed by atoms with van der Waals surface area (Å²) >= 11 is 3.46. The number of aromatic nitrogens is 1. The van der Waals surface area contributed by atoms with Crippen LogP contribution in [-0.4, -0.2) is 4.98 Å². The molecule has 0 radical (unpaired) electrons. The molecule has 1 aromatic carbocycles. The lowest BCUT2D eigenvalue weighted by Crippen LogP contribution is -1.96. The minimum Gasteiger partial charge on any atom is -0.339 e. The van der Waals surface area contributed by atoms with Gasteiger partial charge in [-0.2, -0.15) is 0 Å². The quantitative estimate of drug-likeness (QED) is 0.891. The maximum Gasteiger partial charge on any atom is 0.144 e. The molecule has 0 amide bonds. The number of nitrogens with one attached hydrogen (secondary N) is 1. The number of anilines is 2. The van der Waals surface area contributed by atoms with Crippen LogP contribution in [0.1, 0.15) is 11.1 Å². The van der Waals surface area contributed by atoms with Crippen molar-refractivity contribution in [3.05, 3.63) is 51.9 Å². The van der Waals surface area contributed by atoms with E-state index in [9.17, 15) is 4.39 Å². The van der Waals surface area contributed by atoms with Crippen LogP contribution in [0, 0.1) is 19.7 Å². The predicted molar refractivity (Wildman–Crippen MR) is 71.1 cm³/mol. The summed E-state index contributed by atoms with van der Waals surface area (Å²) in [4.78, 5) is 4.21.